The summed E-state index contributed by atoms with van der Waals surface area (Å²) in [6.45, 7) is 3.43. The zero-order valence-electron chi connectivity index (χ0n) is 7.57. The van der Waals surface area contributed by atoms with Crippen LogP contribution in [0.15, 0.2) is 12.7 Å². The van der Waals surface area contributed by atoms with Gasteiger partial charge < -0.3 is 19.2 Å². The van der Waals surface area contributed by atoms with Crippen LogP contribution >= 0.6 is 15.2 Å². The highest BCUT2D eigenvalue weighted by Gasteiger charge is 2.30. The van der Waals surface area contributed by atoms with Gasteiger partial charge >= 0.3 is 15.2 Å². The molecule has 3 N–H and O–H groups in total. The van der Waals surface area contributed by atoms with Gasteiger partial charge in [-0.15, -0.1) is 6.58 Å². The summed E-state index contributed by atoms with van der Waals surface area (Å²) in [4.78, 5) is 25.8. The van der Waals surface area contributed by atoms with Gasteiger partial charge in [-0.1, -0.05) is 6.08 Å². The Morgan fingerprint density at radius 2 is 1.86 bits per heavy atom. The summed E-state index contributed by atoms with van der Waals surface area (Å²) in [5.74, 6) is -1.13. The summed E-state index contributed by atoms with van der Waals surface area (Å²) in [7, 11) is -8.65. The number of rotatable bonds is 7. The van der Waals surface area contributed by atoms with Crippen LogP contribution in [-0.2, 0) is 13.7 Å². The van der Waals surface area contributed by atoms with Crippen molar-refractivity contribution in [1.29, 1.82) is 0 Å². The van der Waals surface area contributed by atoms with E-state index in [1.54, 1.807) is 6.08 Å². The van der Waals surface area contributed by atoms with Crippen molar-refractivity contribution < 1.29 is 28.3 Å². The predicted molar refractivity (Wildman–Crippen MR) is 52.1 cm³/mol. The Balaban J connectivity index is 3.90. The average Bonchev–Trinajstić information content (AvgIpc) is 1.93. The lowest BCUT2D eigenvalue weighted by Gasteiger charge is -2.12. The largest absolute Gasteiger partial charge is 0.340 e. The van der Waals surface area contributed by atoms with Crippen LogP contribution in [0.5, 0.6) is 0 Å². The summed E-state index contributed by atoms with van der Waals surface area (Å²) in [6.07, 6.45) is 2.74. The molecule has 0 aliphatic rings. The molecule has 0 aromatic carbocycles. The Bertz CT molecular complexity index is 269. The summed E-state index contributed by atoms with van der Waals surface area (Å²) in [5, 5.41) is 0. The van der Waals surface area contributed by atoms with Crippen LogP contribution in [0.2, 0.25) is 0 Å². The fraction of sp³-hybridized carbons (Fsp3) is 0.667. The van der Waals surface area contributed by atoms with Crippen LogP contribution < -0.4 is 0 Å². The van der Waals surface area contributed by atoms with E-state index in [0.717, 1.165) is 0 Å². The predicted octanol–water partition coefficient (Wildman–Crippen LogP) is 1.29. The zero-order valence-corrected chi connectivity index (χ0v) is 9.36. The van der Waals surface area contributed by atoms with Gasteiger partial charge in [0, 0.05) is 0 Å². The van der Waals surface area contributed by atoms with Crippen molar-refractivity contribution in [3.8, 4) is 0 Å². The second-order valence-corrected chi connectivity index (χ2v) is 6.70. The summed E-state index contributed by atoms with van der Waals surface area (Å²) < 4.78 is 25.9. The average molecular weight is 244 g/mol. The van der Waals surface area contributed by atoms with E-state index in [1.807, 2.05) is 0 Å². The molecule has 0 aromatic heterocycles. The molecule has 0 radical (unpaired) electrons. The molecular weight excluding hydrogens is 230 g/mol. The minimum absolute atomic E-state index is 0.0141. The van der Waals surface area contributed by atoms with E-state index in [2.05, 4.69) is 11.1 Å². The second kappa shape index (κ2) is 5.81. The van der Waals surface area contributed by atoms with Crippen LogP contribution in [0.4, 0.5) is 0 Å². The molecule has 0 bridgehead atoms. The van der Waals surface area contributed by atoms with Crippen molar-refractivity contribution >= 4 is 15.2 Å². The minimum atomic E-state index is -4.50. The number of hydrogen-bond acceptors (Lipinski definition) is 3. The van der Waals surface area contributed by atoms with Crippen molar-refractivity contribution in [2.45, 2.75) is 12.8 Å². The maximum absolute atomic E-state index is 11.0. The molecular formula is C6H14O6P2. The van der Waals surface area contributed by atoms with Gasteiger partial charge in [-0.2, -0.15) is 0 Å². The maximum atomic E-state index is 11.0. The van der Waals surface area contributed by atoms with Crippen LogP contribution in [0.3, 0.4) is 0 Å². The van der Waals surface area contributed by atoms with Gasteiger partial charge in [0.05, 0.1) is 6.61 Å². The van der Waals surface area contributed by atoms with E-state index in [0.29, 0.717) is 12.8 Å². The first-order valence-corrected chi connectivity index (χ1v) is 7.45. The fourth-order valence-corrected chi connectivity index (χ4v) is 3.31. The Kier molecular flexibility index (Phi) is 5.83. The lowest BCUT2D eigenvalue weighted by atomic mass is 10.3. The van der Waals surface area contributed by atoms with Crippen molar-refractivity contribution in [3.05, 3.63) is 12.7 Å². The monoisotopic (exact) mass is 244 g/mol. The van der Waals surface area contributed by atoms with Gasteiger partial charge in [0.25, 0.3) is 0 Å². The maximum Gasteiger partial charge on any atom is 0.340 e. The lowest BCUT2D eigenvalue weighted by molar-refractivity contribution is 0.258. The van der Waals surface area contributed by atoms with Gasteiger partial charge in [-0.05, 0) is 12.8 Å². The lowest BCUT2D eigenvalue weighted by Crippen LogP contribution is -1.97. The third-order valence-corrected chi connectivity index (χ3v) is 4.70. The third kappa shape index (κ3) is 8.63. The first-order valence-electron chi connectivity index (χ1n) is 3.89. The highest BCUT2D eigenvalue weighted by molar-refractivity contribution is 7.70. The number of allylic oxidation sites excluding steroid dienone is 1. The molecule has 0 fully saturated rings. The smallest absolute Gasteiger partial charge is 0.324 e. The Hall–Kier alpha value is 0.0400. The van der Waals surface area contributed by atoms with E-state index in [-0.39, 0.29) is 6.61 Å². The van der Waals surface area contributed by atoms with Crippen molar-refractivity contribution in [2.24, 2.45) is 0 Å². The van der Waals surface area contributed by atoms with Gasteiger partial charge in [0.15, 0.2) is 5.90 Å². The van der Waals surface area contributed by atoms with E-state index in [1.165, 1.54) is 0 Å². The zero-order chi connectivity index (χ0) is 11.2. The van der Waals surface area contributed by atoms with Gasteiger partial charge in [-0.25, -0.2) is 0 Å². The quantitative estimate of drug-likeness (QED) is 0.354. The minimum Gasteiger partial charge on any atom is -0.324 e. The number of hydrogen-bond donors (Lipinski definition) is 3. The first kappa shape index (κ1) is 14.0. The Labute approximate surface area is 82.3 Å². The van der Waals surface area contributed by atoms with E-state index in [4.69, 9.17) is 14.7 Å². The molecule has 0 aromatic rings. The highest BCUT2D eigenvalue weighted by atomic mass is 31.2. The molecule has 0 amide bonds. The topological polar surface area (TPSA) is 104 Å². The van der Waals surface area contributed by atoms with Crippen molar-refractivity contribution in [3.63, 3.8) is 0 Å². The molecule has 84 valence electrons. The summed E-state index contributed by atoms with van der Waals surface area (Å²) >= 11 is 0. The number of unbranched alkanes of at least 4 members (excludes halogenated alkanes) is 1. The van der Waals surface area contributed by atoms with E-state index in [9.17, 15) is 9.13 Å². The van der Waals surface area contributed by atoms with Crippen molar-refractivity contribution in [2.75, 3.05) is 12.5 Å². The third-order valence-electron chi connectivity index (χ3n) is 1.21. The van der Waals surface area contributed by atoms with Gasteiger partial charge in [0.1, 0.15) is 0 Å². The molecule has 1 unspecified atom stereocenters. The first-order chi connectivity index (χ1) is 6.27. The highest BCUT2D eigenvalue weighted by Crippen LogP contribution is 2.55. The standard InChI is InChI=1S/C6H14O6P2/c1-2-3-4-5-12-14(10,11)6-13(7,8)9/h2H,1,3-6H2,(H,10,11)(H2,7,8,9). The van der Waals surface area contributed by atoms with E-state index >= 15 is 0 Å². The second-order valence-electron chi connectivity index (χ2n) is 2.71. The molecule has 0 aliphatic heterocycles. The molecule has 0 saturated carbocycles. The molecule has 0 spiro atoms. The normalized spacial score (nSPS) is 16.2. The van der Waals surface area contributed by atoms with Crippen LogP contribution in [-0.4, -0.2) is 27.2 Å². The van der Waals surface area contributed by atoms with Crippen LogP contribution in [0.1, 0.15) is 12.8 Å². The molecule has 0 aliphatic carbocycles. The molecule has 8 heteroatoms. The Morgan fingerprint density at radius 3 is 2.29 bits per heavy atom. The SMILES string of the molecule is C=CCCCOP(=O)(O)CP(=O)(O)O. The van der Waals surface area contributed by atoms with Crippen LogP contribution in [0.25, 0.3) is 0 Å². The molecule has 0 rings (SSSR count). The Morgan fingerprint density at radius 1 is 1.29 bits per heavy atom. The molecule has 0 saturated heterocycles. The summed E-state index contributed by atoms with van der Waals surface area (Å²) in [5.41, 5.74) is 0. The fourth-order valence-electron chi connectivity index (χ4n) is 0.708. The molecule has 14 heavy (non-hydrogen) atoms. The van der Waals surface area contributed by atoms with Gasteiger partial charge in [-0.3, -0.25) is 9.13 Å². The molecule has 1 atom stereocenters. The molecule has 6 nitrogen and oxygen atoms in total. The van der Waals surface area contributed by atoms with Crippen molar-refractivity contribution in [1.82, 2.24) is 0 Å². The van der Waals surface area contributed by atoms with E-state index < -0.39 is 21.1 Å². The van der Waals surface area contributed by atoms with Crippen LogP contribution in [0, 0.1) is 0 Å². The van der Waals surface area contributed by atoms with Gasteiger partial charge in [0.2, 0.25) is 0 Å². The summed E-state index contributed by atoms with van der Waals surface area (Å²) in [6, 6.07) is 0. The molecule has 0 heterocycles.